The molecule has 2 heterocycles. The minimum Gasteiger partial charge on any atom is -0.480 e. The van der Waals surface area contributed by atoms with Crippen LogP contribution in [0.25, 0.3) is 0 Å². The summed E-state index contributed by atoms with van der Waals surface area (Å²) in [5.41, 5.74) is 0. The first-order valence-corrected chi connectivity index (χ1v) is 6.02. The van der Waals surface area contributed by atoms with Gasteiger partial charge in [-0.2, -0.15) is 0 Å². The number of carbonyl (C=O) groups is 2. The van der Waals surface area contributed by atoms with Gasteiger partial charge in [0, 0.05) is 4.75 Å². The van der Waals surface area contributed by atoms with Gasteiger partial charge in [0.2, 0.25) is 5.91 Å². The van der Waals surface area contributed by atoms with Crippen LogP contribution < -0.4 is 0 Å². The summed E-state index contributed by atoms with van der Waals surface area (Å²) >= 11 is 4.80. The van der Waals surface area contributed by atoms with Crippen LogP contribution in [0, 0.1) is 0 Å². The van der Waals surface area contributed by atoms with Crippen LogP contribution in [0.2, 0.25) is 0 Å². The Morgan fingerprint density at radius 2 is 2.21 bits per heavy atom. The Morgan fingerprint density at radius 1 is 1.64 bits per heavy atom. The zero-order valence-electron chi connectivity index (χ0n) is 7.73. The lowest BCUT2D eigenvalue weighted by Crippen LogP contribution is -2.63. The van der Waals surface area contributed by atoms with Crippen molar-refractivity contribution in [3.05, 3.63) is 0 Å². The molecule has 2 aliphatic rings. The van der Waals surface area contributed by atoms with E-state index in [1.54, 1.807) is 11.8 Å². The molecule has 0 aromatic rings. The molecule has 2 saturated heterocycles. The molecule has 0 saturated carbocycles. The number of hydrogen-bond donors (Lipinski definition) is 1. The number of hydrogen-bond acceptors (Lipinski definition) is 3. The number of rotatable bonds is 1. The Bertz CT molecular complexity index is 320. The van der Waals surface area contributed by atoms with Crippen molar-refractivity contribution < 1.29 is 14.7 Å². The third kappa shape index (κ3) is 1.13. The highest BCUT2D eigenvalue weighted by Gasteiger charge is 2.62. The van der Waals surface area contributed by atoms with Gasteiger partial charge in [-0.15, -0.1) is 11.8 Å². The molecule has 3 atom stereocenters. The number of fused-ring (bicyclic) bond motifs is 1. The molecule has 1 amide bonds. The molecule has 0 aromatic carbocycles. The molecule has 1 N–H and O–H groups in total. The normalized spacial score (nSPS) is 39.2. The molecule has 4 nitrogen and oxygen atoms in total. The van der Waals surface area contributed by atoms with Gasteiger partial charge in [-0.1, -0.05) is 15.9 Å². The van der Waals surface area contributed by atoms with Gasteiger partial charge in [-0.3, -0.25) is 4.79 Å². The number of alkyl halides is 1. The standard InChI is InChI=1S/C8H10BrNO3S/c1-8(2)4(7(12)13)10-5(11)3(9)6(10)14-8/h3-4,6H,1-2H3,(H,12,13)/t3-,4+,6+/m1/s1. The monoisotopic (exact) mass is 279 g/mol. The van der Waals surface area contributed by atoms with Gasteiger partial charge in [-0.25, -0.2) is 4.79 Å². The molecule has 14 heavy (non-hydrogen) atoms. The van der Waals surface area contributed by atoms with Crippen molar-refractivity contribution in [1.29, 1.82) is 0 Å². The van der Waals surface area contributed by atoms with Crippen LogP contribution >= 0.6 is 27.7 Å². The van der Waals surface area contributed by atoms with Gasteiger partial charge in [0.25, 0.3) is 0 Å². The average molecular weight is 280 g/mol. The van der Waals surface area contributed by atoms with Crippen LogP contribution in [-0.2, 0) is 9.59 Å². The van der Waals surface area contributed by atoms with E-state index in [0.29, 0.717) is 0 Å². The van der Waals surface area contributed by atoms with Crippen LogP contribution in [0.15, 0.2) is 0 Å². The first-order valence-electron chi connectivity index (χ1n) is 4.23. The van der Waals surface area contributed by atoms with E-state index in [2.05, 4.69) is 15.9 Å². The largest absolute Gasteiger partial charge is 0.480 e. The molecule has 6 heteroatoms. The average Bonchev–Trinajstić information content (AvgIpc) is 2.34. The lowest BCUT2D eigenvalue weighted by molar-refractivity contribution is -0.156. The van der Waals surface area contributed by atoms with Gasteiger partial charge in [0.15, 0.2) is 0 Å². The van der Waals surface area contributed by atoms with Gasteiger partial charge in [0.05, 0.1) is 0 Å². The lowest BCUT2D eigenvalue weighted by atomic mass is 9.98. The molecule has 2 rings (SSSR count). The van der Waals surface area contributed by atoms with Gasteiger partial charge < -0.3 is 10.0 Å². The minimum atomic E-state index is -0.919. The highest BCUT2D eigenvalue weighted by molar-refractivity contribution is 9.10. The molecule has 0 radical (unpaired) electrons. The highest BCUT2D eigenvalue weighted by atomic mass is 79.9. The smallest absolute Gasteiger partial charge is 0.327 e. The summed E-state index contributed by atoms with van der Waals surface area (Å²) in [6, 6.07) is -0.696. The number of amides is 1. The van der Waals surface area contributed by atoms with Gasteiger partial charge >= 0.3 is 5.97 Å². The van der Waals surface area contributed by atoms with Crippen LogP contribution in [0.5, 0.6) is 0 Å². The number of carboxylic acids is 1. The van der Waals surface area contributed by atoms with Crippen LogP contribution in [0.1, 0.15) is 13.8 Å². The van der Waals surface area contributed by atoms with Crippen molar-refractivity contribution in [3.63, 3.8) is 0 Å². The van der Waals surface area contributed by atoms with E-state index in [1.165, 1.54) is 4.90 Å². The summed E-state index contributed by atoms with van der Waals surface area (Å²) in [6.45, 7) is 3.73. The maximum Gasteiger partial charge on any atom is 0.327 e. The molecule has 0 bridgehead atoms. The van der Waals surface area contributed by atoms with Crippen molar-refractivity contribution in [2.75, 3.05) is 0 Å². The second-order valence-corrected chi connectivity index (χ2v) is 6.76. The van der Waals surface area contributed by atoms with Crippen molar-refractivity contribution in [2.24, 2.45) is 0 Å². The van der Waals surface area contributed by atoms with Crippen molar-refractivity contribution >= 4 is 39.6 Å². The SMILES string of the molecule is CC1(C)S[C@H]2[C@H](Br)C(=O)N2[C@H]1C(=O)O. The van der Waals surface area contributed by atoms with E-state index in [4.69, 9.17) is 5.11 Å². The molecular weight excluding hydrogens is 270 g/mol. The molecule has 0 spiro atoms. The predicted molar refractivity (Wildman–Crippen MR) is 56.4 cm³/mol. The quantitative estimate of drug-likeness (QED) is 0.572. The molecule has 2 aliphatic heterocycles. The Hall–Kier alpha value is -0.230. The zero-order chi connectivity index (χ0) is 10.7. The molecule has 0 unspecified atom stereocenters. The van der Waals surface area contributed by atoms with E-state index in [1.807, 2.05) is 13.8 Å². The first kappa shape index (κ1) is 10.3. The number of aliphatic carboxylic acids is 1. The highest BCUT2D eigenvalue weighted by Crippen LogP contribution is 2.52. The fourth-order valence-corrected chi connectivity index (χ4v) is 4.32. The second kappa shape index (κ2) is 2.88. The topological polar surface area (TPSA) is 57.6 Å². The number of thioether (sulfide) groups is 1. The number of carboxylic acid groups (broad SMARTS) is 1. The molecule has 78 valence electrons. The summed E-state index contributed by atoms with van der Waals surface area (Å²) < 4.78 is -0.408. The predicted octanol–water partition coefficient (Wildman–Crippen LogP) is 0.897. The van der Waals surface area contributed by atoms with Crippen molar-refractivity contribution in [2.45, 2.75) is 34.8 Å². The third-order valence-electron chi connectivity index (χ3n) is 2.61. The molecule has 0 aliphatic carbocycles. The fraction of sp³-hybridized carbons (Fsp3) is 0.750. The van der Waals surface area contributed by atoms with E-state index < -0.39 is 16.8 Å². The summed E-state index contributed by atoms with van der Waals surface area (Å²) in [4.78, 5) is 23.7. The van der Waals surface area contributed by atoms with E-state index >= 15 is 0 Å². The maximum atomic E-state index is 11.4. The minimum absolute atomic E-state index is 0.0152. The van der Waals surface area contributed by atoms with Crippen LogP contribution in [0.4, 0.5) is 0 Å². The Labute approximate surface area is 94.1 Å². The van der Waals surface area contributed by atoms with Crippen LogP contribution in [0.3, 0.4) is 0 Å². The fourth-order valence-electron chi connectivity index (χ4n) is 1.97. The lowest BCUT2D eigenvalue weighted by Gasteiger charge is -2.40. The van der Waals surface area contributed by atoms with E-state index in [9.17, 15) is 9.59 Å². The Morgan fingerprint density at radius 3 is 2.71 bits per heavy atom. The molecule has 2 fully saturated rings. The number of halogens is 1. The Kier molecular flexibility index (Phi) is 2.12. The number of nitrogens with zero attached hydrogens (tertiary/aromatic N) is 1. The zero-order valence-corrected chi connectivity index (χ0v) is 10.1. The Balaban J connectivity index is 2.32. The summed E-state index contributed by atoms with van der Waals surface area (Å²) in [5.74, 6) is -1.03. The summed E-state index contributed by atoms with van der Waals surface area (Å²) in [5, 5.41) is 9.04. The van der Waals surface area contributed by atoms with Crippen molar-refractivity contribution in [3.8, 4) is 0 Å². The molecule has 0 aromatic heterocycles. The van der Waals surface area contributed by atoms with Gasteiger partial charge in [0.1, 0.15) is 16.2 Å². The third-order valence-corrected chi connectivity index (χ3v) is 5.42. The summed E-state index contributed by atoms with van der Waals surface area (Å²) in [6.07, 6.45) is 0. The van der Waals surface area contributed by atoms with Gasteiger partial charge in [-0.05, 0) is 13.8 Å². The van der Waals surface area contributed by atoms with E-state index in [-0.39, 0.29) is 16.1 Å². The molecular formula is C8H10BrNO3S. The first-order chi connectivity index (χ1) is 6.36. The maximum absolute atomic E-state index is 11.4. The number of carbonyl (C=O) groups excluding carboxylic acids is 1. The van der Waals surface area contributed by atoms with E-state index in [0.717, 1.165) is 0 Å². The summed E-state index contributed by atoms with van der Waals surface area (Å²) in [7, 11) is 0. The van der Waals surface area contributed by atoms with Crippen molar-refractivity contribution in [1.82, 2.24) is 4.90 Å². The second-order valence-electron chi connectivity index (χ2n) is 4.00. The van der Waals surface area contributed by atoms with Crippen LogP contribution in [-0.4, -0.2) is 42.9 Å². The number of β-lactam (4-membered cyclic amide) rings is 1.